The summed E-state index contributed by atoms with van der Waals surface area (Å²) in [6, 6.07) is 6.45. The number of carbonyl (C=O) groups excluding carboxylic acids is 2. The molecule has 1 unspecified atom stereocenters. The molecule has 2 rings (SSSR count). The van der Waals surface area contributed by atoms with Crippen LogP contribution in [-0.4, -0.2) is 52.7 Å². The second-order valence-electron chi connectivity index (χ2n) is 6.66. The molecule has 0 saturated carbocycles. The van der Waals surface area contributed by atoms with Crippen molar-refractivity contribution in [2.45, 2.75) is 45.2 Å². The van der Waals surface area contributed by atoms with Crippen LogP contribution in [0.4, 0.5) is 9.18 Å². The molecule has 5 nitrogen and oxygen atoms in total. The van der Waals surface area contributed by atoms with Crippen LogP contribution in [0.1, 0.15) is 38.6 Å². The average molecular weight is 367 g/mol. The predicted octanol–water partition coefficient (Wildman–Crippen LogP) is 3.23. The summed E-state index contributed by atoms with van der Waals surface area (Å²) in [5, 5.41) is 2.54. The van der Waals surface area contributed by atoms with Gasteiger partial charge in [-0.1, -0.05) is 18.2 Å². The van der Waals surface area contributed by atoms with Gasteiger partial charge in [0.1, 0.15) is 11.2 Å². The maximum Gasteiger partial charge on any atom is 0.317 e. The van der Waals surface area contributed by atoms with Crippen LogP contribution in [-0.2, 0) is 4.79 Å². The second kappa shape index (κ2) is 8.56. The highest BCUT2D eigenvalue weighted by molar-refractivity contribution is 8.00. The quantitative estimate of drug-likeness (QED) is 0.840. The lowest BCUT2D eigenvalue weighted by Crippen LogP contribution is -2.49. The van der Waals surface area contributed by atoms with Gasteiger partial charge in [0.2, 0.25) is 5.91 Å². The zero-order valence-corrected chi connectivity index (χ0v) is 16.0. The van der Waals surface area contributed by atoms with E-state index in [0.29, 0.717) is 24.4 Å². The highest BCUT2D eigenvalue weighted by Crippen LogP contribution is 2.39. The van der Waals surface area contributed by atoms with Crippen LogP contribution >= 0.6 is 11.8 Å². The van der Waals surface area contributed by atoms with Gasteiger partial charge in [-0.3, -0.25) is 4.79 Å². The lowest BCUT2D eigenvalue weighted by molar-refractivity contribution is -0.128. The standard InChI is InChI=1S/C18H26FN3O2S/c1-12(2)20-18(24)21(13(3)4)9-10-22-16(23)11-25-17(22)14-7-5-6-8-15(14)19/h5-8,12-13,17H,9-11H2,1-4H3,(H,20,24). The SMILES string of the molecule is CC(C)NC(=O)N(CCN1C(=O)CSC1c1ccccc1F)C(C)C. The van der Waals surface area contributed by atoms with Crippen LogP contribution in [0.5, 0.6) is 0 Å². The predicted molar refractivity (Wildman–Crippen MR) is 98.8 cm³/mol. The second-order valence-corrected chi connectivity index (χ2v) is 7.73. The van der Waals surface area contributed by atoms with E-state index in [4.69, 9.17) is 0 Å². The summed E-state index contributed by atoms with van der Waals surface area (Å²) in [6.07, 6.45) is 0. The van der Waals surface area contributed by atoms with Crippen molar-refractivity contribution in [3.05, 3.63) is 35.6 Å². The van der Waals surface area contributed by atoms with Gasteiger partial charge < -0.3 is 15.1 Å². The first-order chi connectivity index (χ1) is 11.8. The van der Waals surface area contributed by atoms with Crippen LogP contribution in [0.2, 0.25) is 0 Å². The van der Waals surface area contributed by atoms with Crippen molar-refractivity contribution in [1.29, 1.82) is 0 Å². The number of rotatable bonds is 6. The Morgan fingerprint density at radius 3 is 2.64 bits per heavy atom. The van der Waals surface area contributed by atoms with E-state index < -0.39 is 0 Å². The molecule has 25 heavy (non-hydrogen) atoms. The van der Waals surface area contributed by atoms with Crippen LogP contribution in [0.25, 0.3) is 0 Å². The Balaban J connectivity index is 2.09. The largest absolute Gasteiger partial charge is 0.336 e. The molecule has 1 fully saturated rings. The van der Waals surface area contributed by atoms with Crippen molar-refractivity contribution in [1.82, 2.24) is 15.1 Å². The highest BCUT2D eigenvalue weighted by atomic mass is 32.2. The number of hydrogen-bond donors (Lipinski definition) is 1. The summed E-state index contributed by atoms with van der Waals surface area (Å²) in [5.74, 6) is 0.00276. The smallest absolute Gasteiger partial charge is 0.317 e. The van der Waals surface area contributed by atoms with E-state index in [2.05, 4.69) is 5.32 Å². The van der Waals surface area contributed by atoms with Crippen molar-refractivity contribution in [2.75, 3.05) is 18.8 Å². The molecule has 1 aliphatic rings. The van der Waals surface area contributed by atoms with Gasteiger partial charge in [0.05, 0.1) is 5.75 Å². The molecular weight excluding hydrogens is 341 g/mol. The molecule has 1 aromatic rings. The van der Waals surface area contributed by atoms with Gasteiger partial charge in [0.25, 0.3) is 0 Å². The monoisotopic (exact) mass is 367 g/mol. The van der Waals surface area contributed by atoms with E-state index in [9.17, 15) is 14.0 Å². The number of nitrogens with one attached hydrogen (secondary N) is 1. The van der Waals surface area contributed by atoms with Gasteiger partial charge in [-0.2, -0.15) is 0 Å². The summed E-state index contributed by atoms with van der Waals surface area (Å²) < 4.78 is 14.1. The van der Waals surface area contributed by atoms with E-state index in [1.165, 1.54) is 17.8 Å². The van der Waals surface area contributed by atoms with Crippen molar-refractivity contribution in [3.63, 3.8) is 0 Å². The molecule has 1 saturated heterocycles. The molecule has 0 radical (unpaired) electrons. The zero-order valence-electron chi connectivity index (χ0n) is 15.2. The number of thioether (sulfide) groups is 1. The first-order valence-corrected chi connectivity index (χ1v) is 9.58. The molecule has 0 aliphatic carbocycles. The van der Waals surface area contributed by atoms with Gasteiger partial charge in [-0.15, -0.1) is 11.8 Å². The maximum absolute atomic E-state index is 14.1. The summed E-state index contributed by atoms with van der Waals surface area (Å²) in [5.41, 5.74) is 0.515. The van der Waals surface area contributed by atoms with Crippen molar-refractivity contribution in [2.24, 2.45) is 0 Å². The molecule has 1 aromatic carbocycles. The molecule has 1 N–H and O–H groups in total. The van der Waals surface area contributed by atoms with Gasteiger partial charge in [-0.25, -0.2) is 9.18 Å². The van der Waals surface area contributed by atoms with Gasteiger partial charge >= 0.3 is 6.03 Å². The highest BCUT2D eigenvalue weighted by Gasteiger charge is 2.34. The third-order valence-electron chi connectivity index (χ3n) is 4.02. The van der Waals surface area contributed by atoms with Crippen molar-refractivity contribution >= 4 is 23.7 Å². The summed E-state index contributed by atoms with van der Waals surface area (Å²) in [4.78, 5) is 28.0. The van der Waals surface area contributed by atoms with Crippen LogP contribution < -0.4 is 5.32 Å². The third kappa shape index (κ3) is 4.87. The molecule has 0 spiro atoms. The molecule has 3 amide bonds. The molecular formula is C18H26FN3O2S. The lowest BCUT2D eigenvalue weighted by Gasteiger charge is -2.31. The Labute approximate surface area is 152 Å². The minimum Gasteiger partial charge on any atom is -0.336 e. The minimum atomic E-state index is -0.337. The molecule has 0 aromatic heterocycles. The minimum absolute atomic E-state index is 0.0102. The Hall–Kier alpha value is -1.76. The first-order valence-electron chi connectivity index (χ1n) is 8.54. The summed E-state index contributed by atoms with van der Waals surface area (Å²) in [7, 11) is 0. The number of urea groups is 1. The Morgan fingerprint density at radius 1 is 1.36 bits per heavy atom. The number of hydrogen-bond acceptors (Lipinski definition) is 3. The van der Waals surface area contributed by atoms with Crippen molar-refractivity contribution < 1.29 is 14.0 Å². The maximum atomic E-state index is 14.1. The topological polar surface area (TPSA) is 52.7 Å². The molecule has 0 bridgehead atoms. The van der Waals surface area contributed by atoms with E-state index in [1.54, 1.807) is 28.0 Å². The van der Waals surface area contributed by atoms with E-state index in [1.807, 2.05) is 27.7 Å². The average Bonchev–Trinajstić information content (AvgIpc) is 2.88. The Bertz CT molecular complexity index is 624. The summed E-state index contributed by atoms with van der Waals surface area (Å²) in [6.45, 7) is 8.49. The van der Waals surface area contributed by atoms with Crippen LogP contribution in [0.15, 0.2) is 24.3 Å². The fourth-order valence-corrected chi connectivity index (χ4v) is 4.01. The normalized spacial score (nSPS) is 17.5. The van der Waals surface area contributed by atoms with Crippen LogP contribution in [0.3, 0.4) is 0 Å². The number of amides is 3. The van der Waals surface area contributed by atoms with E-state index >= 15 is 0 Å². The molecule has 1 aliphatic heterocycles. The first kappa shape index (κ1) is 19.6. The van der Waals surface area contributed by atoms with Gasteiger partial charge in [-0.05, 0) is 33.8 Å². The molecule has 7 heteroatoms. The fraction of sp³-hybridized carbons (Fsp3) is 0.556. The lowest BCUT2D eigenvalue weighted by atomic mass is 10.2. The van der Waals surface area contributed by atoms with Crippen LogP contribution in [0, 0.1) is 5.82 Å². The van der Waals surface area contributed by atoms with Crippen molar-refractivity contribution in [3.8, 4) is 0 Å². The van der Waals surface area contributed by atoms with E-state index in [0.717, 1.165) is 0 Å². The molecule has 138 valence electrons. The van der Waals surface area contributed by atoms with Gasteiger partial charge in [0, 0.05) is 30.7 Å². The third-order valence-corrected chi connectivity index (χ3v) is 5.26. The molecule has 1 atom stereocenters. The van der Waals surface area contributed by atoms with E-state index in [-0.39, 0.29) is 35.2 Å². The zero-order chi connectivity index (χ0) is 18.6. The Kier molecular flexibility index (Phi) is 6.70. The Morgan fingerprint density at radius 2 is 2.04 bits per heavy atom. The van der Waals surface area contributed by atoms with Gasteiger partial charge in [0.15, 0.2) is 0 Å². The number of carbonyl (C=O) groups is 2. The summed E-state index contributed by atoms with van der Waals surface area (Å²) >= 11 is 1.42. The fourth-order valence-electron chi connectivity index (χ4n) is 2.77. The number of nitrogens with zero attached hydrogens (tertiary/aromatic N) is 2. The number of halogens is 1. The number of benzene rings is 1. The molecule has 1 heterocycles.